The molecular formula is C23H23FN4O. The number of hydrogen-bond donors (Lipinski definition) is 1. The molecule has 1 amide bonds. The van der Waals surface area contributed by atoms with Crippen molar-refractivity contribution in [3.05, 3.63) is 77.9 Å². The zero-order chi connectivity index (χ0) is 20.2. The van der Waals surface area contributed by atoms with E-state index in [4.69, 9.17) is 5.73 Å². The number of aromatic nitrogens is 2. The molecule has 2 heterocycles. The van der Waals surface area contributed by atoms with Crippen LogP contribution >= 0.6 is 0 Å². The zero-order valence-corrected chi connectivity index (χ0v) is 16.1. The van der Waals surface area contributed by atoms with Crippen LogP contribution < -0.4 is 5.73 Å². The summed E-state index contributed by atoms with van der Waals surface area (Å²) in [5.41, 5.74) is 9.39. The number of nitrogens with two attached hydrogens (primary N) is 1. The summed E-state index contributed by atoms with van der Waals surface area (Å²) >= 11 is 0. The number of benzene rings is 2. The third-order valence-electron chi connectivity index (χ3n) is 5.33. The maximum Gasteiger partial charge on any atom is 0.227 e. The molecule has 1 fully saturated rings. The molecule has 6 heteroatoms. The molecule has 0 saturated carbocycles. The number of carbonyl (C=O) groups is 1. The zero-order valence-electron chi connectivity index (χ0n) is 16.1. The van der Waals surface area contributed by atoms with Gasteiger partial charge in [0.15, 0.2) is 0 Å². The Morgan fingerprint density at radius 1 is 1.10 bits per heavy atom. The molecule has 0 bridgehead atoms. The van der Waals surface area contributed by atoms with Gasteiger partial charge in [0.05, 0.1) is 18.2 Å². The van der Waals surface area contributed by atoms with Crippen LogP contribution in [0.2, 0.25) is 0 Å². The van der Waals surface area contributed by atoms with Crippen LogP contribution in [0, 0.1) is 5.82 Å². The minimum Gasteiger partial charge on any atom is -0.368 e. The Balaban J connectivity index is 1.66. The summed E-state index contributed by atoms with van der Waals surface area (Å²) in [7, 11) is 0. The van der Waals surface area contributed by atoms with E-state index in [2.05, 4.69) is 9.97 Å². The van der Waals surface area contributed by atoms with E-state index in [-0.39, 0.29) is 30.1 Å². The minimum absolute atomic E-state index is 0.0116. The van der Waals surface area contributed by atoms with Crippen molar-refractivity contribution in [1.29, 1.82) is 0 Å². The molecule has 1 atom stereocenters. The molecule has 3 aromatic rings. The van der Waals surface area contributed by atoms with E-state index in [1.165, 1.54) is 12.1 Å². The fourth-order valence-corrected chi connectivity index (χ4v) is 3.90. The largest absolute Gasteiger partial charge is 0.368 e. The smallest absolute Gasteiger partial charge is 0.227 e. The lowest BCUT2D eigenvalue weighted by Crippen LogP contribution is -2.40. The number of nitrogen functional groups attached to an aromatic ring is 1. The molecular weight excluding hydrogens is 367 g/mol. The van der Waals surface area contributed by atoms with Crippen LogP contribution in [0.25, 0.3) is 11.1 Å². The molecule has 5 nitrogen and oxygen atoms in total. The fraction of sp³-hybridized carbons (Fsp3) is 0.261. The van der Waals surface area contributed by atoms with Crippen molar-refractivity contribution in [3.8, 4) is 11.1 Å². The summed E-state index contributed by atoms with van der Waals surface area (Å²) in [6.07, 6.45) is 4.77. The molecule has 0 spiro atoms. The number of amides is 1. The van der Waals surface area contributed by atoms with E-state index in [1.807, 2.05) is 35.2 Å². The second kappa shape index (κ2) is 8.39. The average Bonchev–Trinajstić information content (AvgIpc) is 2.76. The number of nitrogens with zero attached hydrogens (tertiary/aromatic N) is 3. The van der Waals surface area contributed by atoms with Crippen LogP contribution in [0.5, 0.6) is 0 Å². The molecule has 1 aromatic heterocycles. The number of carbonyl (C=O) groups excluding carboxylic acids is 1. The first-order valence-electron chi connectivity index (χ1n) is 9.83. The SMILES string of the molecule is Nc1ncc(-c2ccccc2)c([C@H]2CCCCN2C(=O)Cc2ccc(F)cc2)n1. The Bertz CT molecular complexity index is 992. The predicted octanol–water partition coefficient (Wildman–Crippen LogP) is 4.16. The monoisotopic (exact) mass is 390 g/mol. The van der Waals surface area contributed by atoms with Gasteiger partial charge in [-0.25, -0.2) is 14.4 Å². The molecule has 1 aliphatic rings. The lowest BCUT2D eigenvalue weighted by atomic mass is 9.93. The first-order chi connectivity index (χ1) is 14.1. The Kier molecular flexibility index (Phi) is 5.51. The Labute approximate surface area is 169 Å². The maximum atomic E-state index is 13.2. The van der Waals surface area contributed by atoms with Crippen molar-refractivity contribution in [2.24, 2.45) is 0 Å². The molecule has 148 valence electrons. The van der Waals surface area contributed by atoms with E-state index < -0.39 is 0 Å². The topological polar surface area (TPSA) is 72.1 Å². The third-order valence-corrected chi connectivity index (χ3v) is 5.33. The number of piperidine rings is 1. The van der Waals surface area contributed by atoms with E-state index in [9.17, 15) is 9.18 Å². The Morgan fingerprint density at radius 3 is 2.62 bits per heavy atom. The van der Waals surface area contributed by atoms with Crippen molar-refractivity contribution in [1.82, 2.24) is 14.9 Å². The summed E-state index contributed by atoms with van der Waals surface area (Å²) in [5, 5.41) is 0. The molecule has 4 rings (SSSR count). The number of hydrogen-bond acceptors (Lipinski definition) is 4. The molecule has 1 aliphatic heterocycles. The van der Waals surface area contributed by atoms with Gasteiger partial charge >= 0.3 is 0 Å². The summed E-state index contributed by atoms with van der Waals surface area (Å²) < 4.78 is 13.2. The van der Waals surface area contributed by atoms with Crippen molar-refractivity contribution >= 4 is 11.9 Å². The van der Waals surface area contributed by atoms with Gasteiger partial charge in [0.1, 0.15) is 5.82 Å². The van der Waals surface area contributed by atoms with Crippen molar-refractivity contribution < 1.29 is 9.18 Å². The van der Waals surface area contributed by atoms with Crippen molar-refractivity contribution in [2.45, 2.75) is 31.7 Å². The number of anilines is 1. The highest BCUT2D eigenvalue weighted by Crippen LogP contribution is 2.36. The van der Waals surface area contributed by atoms with Crippen LogP contribution in [0.15, 0.2) is 60.8 Å². The number of likely N-dealkylation sites (tertiary alicyclic amines) is 1. The lowest BCUT2D eigenvalue weighted by Gasteiger charge is -2.36. The Hall–Kier alpha value is -3.28. The number of rotatable bonds is 4. The van der Waals surface area contributed by atoms with Gasteiger partial charge in [-0.2, -0.15) is 0 Å². The summed E-state index contributed by atoms with van der Waals surface area (Å²) in [4.78, 5) is 23.7. The summed E-state index contributed by atoms with van der Waals surface area (Å²) in [6, 6.07) is 15.8. The van der Waals surface area contributed by atoms with Crippen molar-refractivity contribution in [2.75, 3.05) is 12.3 Å². The first kappa shape index (κ1) is 19.1. The van der Waals surface area contributed by atoms with Gasteiger partial charge in [0.2, 0.25) is 11.9 Å². The van der Waals surface area contributed by atoms with Crippen LogP contribution in [0.3, 0.4) is 0 Å². The number of halogens is 1. The molecule has 0 unspecified atom stereocenters. The molecule has 2 N–H and O–H groups in total. The quantitative estimate of drug-likeness (QED) is 0.726. The highest BCUT2D eigenvalue weighted by Gasteiger charge is 2.31. The van der Waals surface area contributed by atoms with Gasteiger partial charge in [-0.05, 0) is 42.5 Å². The molecule has 0 aliphatic carbocycles. The standard InChI is InChI=1S/C23H23FN4O/c24-18-11-9-16(10-12-18)14-21(29)28-13-5-4-8-20(28)22-19(15-26-23(25)27-22)17-6-2-1-3-7-17/h1-3,6-7,9-12,15,20H,4-5,8,13-14H2,(H2,25,26,27)/t20-/m1/s1. The van der Waals surface area contributed by atoms with Crippen molar-refractivity contribution in [3.63, 3.8) is 0 Å². The molecule has 29 heavy (non-hydrogen) atoms. The summed E-state index contributed by atoms with van der Waals surface area (Å²) in [5.74, 6) is -0.0882. The van der Waals surface area contributed by atoms with E-state index >= 15 is 0 Å². The van der Waals surface area contributed by atoms with E-state index in [1.54, 1.807) is 18.3 Å². The van der Waals surface area contributed by atoms with Crippen LogP contribution in [-0.2, 0) is 11.2 Å². The van der Waals surface area contributed by atoms with Crippen LogP contribution in [0.4, 0.5) is 10.3 Å². The Morgan fingerprint density at radius 2 is 1.86 bits per heavy atom. The third kappa shape index (κ3) is 4.26. The maximum absolute atomic E-state index is 13.2. The van der Waals surface area contributed by atoms with Gasteiger partial charge in [-0.3, -0.25) is 4.79 Å². The highest BCUT2D eigenvalue weighted by atomic mass is 19.1. The predicted molar refractivity (Wildman–Crippen MR) is 110 cm³/mol. The molecule has 1 saturated heterocycles. The molecule has 0 radical (unpaired) electrons. The molecule has 2 aromatic carbocycles. The summed E-state index contributed by atoms with van der Waals surface area (Å²) in [6.45, 7) is 0.669. The first-order valence-corrected chi connectivity index (χ1v) is 9.83. The van der Waals surface area contributed by atoms with E-state index in [0.717, 1.165) is 41.6 Å². The second-order valence-electron chi connectivity index (χ2n) is 7.30. The normalized spacial score (nSPS) is 16.6. The van der Waals surface area contributed by atoms with Gasteiger partial charge in [0.25, 0.3) is 0 Å². The minimum atomic E-state index is -0.305. The average molecular weight is 390 g/mol. The van der Waals surface area contributed by atoms with Gasteiger partial charge < -0.3 is 10.6 Å². The highest BCUT2D eigenvalue weighted by molar-refractivity contribution is 5.80. The lowest BCUT2D eigenvalue weighted by molar-refractivity contribution is -0.134. The second-order valence-corrected chi connectivity index (χ2v) is 7.30. The van der Waals surface area contributed by atoms with Crippen LogP contribution in [-0.4, -0.2) is 27.3 Å². The van der Waals surface area contributed by atoms with Gasteiger partial charge in [-0.15, -0.1) is 0 Å². The fourth-order valence-electron chi connectivity index (χ4n) is 3.90. The van der Waals surface area contributed by atoms with Gasteiger partial charge in [-0.1, -0.05) is 42.5 Å². The van der Waals surface area contributed by atoms with Crippen LogP contribution in [0.1, 0.15) is 36.6 Å². The van der Waals surface area contributed by atoms with E-state index in [0.29, 0.717) is 6.54 Å². The van der Waals surface area contributed by atoms with Gasteiger partial charge in [0, 0.05) is 18.3 Å².